The van der Waals surface area contributed by atoms with Crippen molar-refractivity contribution in [2.45, 2.75) is 32.8 Å². The molecule has 2 rings (SSSR count). The Hall–Kier alpha value is -1.66. The fourth-order valence-electron chi connectivity index (χ4n) is 2.43. The Morgan fingerprint density at radius 1 is 1.32 bits per heavy atom. The van der Waals surface area contributed by atoms with Crippen molar-refractivity contribution < 1.29 is 9.53 Å². The Labute approximate surface area is 136 Å². The SMILES string of the molecule is Cc1cccc(C)c1NC(=O)CNC(=S)NC[C@@H]1CCCO1. The van der Waals surface area contributed by atoms with Crippen molar-refractivity contribution in [2.24, 2.45) is 0 Å². The van der Waals surface area contributed by atoms with Gasteiger partial charge in [-0.3, -0.25) is 4.79 Å². The van der Waals surface area contributed by atoms with Crippen LogP contribution in [-0.4, -0.2) is 36.8 Å². The average Bonchev–Trinajstić information content (AvgIpc) is 3.00. The van der Waals surface area contributed by atoms with E-state index in [1.165, 1.54) is 0 Å². The van der Waals surface area contributed by atoms with Gasteiger partial charge in [-0.15, -0.1) is 0 Å². The van der Waals surface area contributed by atoms with Crippen molar-refractivity contribution in [1.82, 2.24) is 10.6 Å². The van der Waals surface area contributed by atoms with Gasteiger partial charge in [-0.05, 0) is 50.0 Å². The van der Waals surface area contributed by atoms with E-state index in [4.69, 9.17) is 17.0 Å². The first-order valence-corrected chi connectivity index (χ1v) is 7.96. The molecule has 120 valence electrons. The molecule has 1 aliphatic rings. The van der Waals surface area contributed by atoms with Crippen LogP contribution >= 0.6 is 12.2 Å². The summed E-state index contributed by atoms with van der Waals surface area (Å²) < 4.78 is 5.51. The van der Waals surface area contributed by atoms with E-state index >= 15 is 0 Å². The lowest BCUT2D eigenvalue weighted by molar-refractivity contribution is -0.115. The third-order valence-electron chi connectivity index (χ3n) is 3.67. The molecule has 1 atom stereocenters. The van der Waals surface area contributed by atoms with Crippen LogP contribution in [0.1, 0.15) is 24.0 Å². The molecule has 0 aliphatic carbocycles. The number of nitrogens with one attached hydrogen (secondary N) is 3. The quantitative estimate of drug-likeness (QED) is 0.723. The molecule has 0 spiro atoms. The lowest BCUT2D eigenvalue weighted by atomic mass is 10.1. The molecule has 3 N–H and O–H groups in total. The summed E-state index contributed by atoms with van der Waals surface area (Å²) in [7, 11) is 0. The average molecular weight is 321 g/mol. The van der Waals surface area contributed by atoms with Crippen LogP contribution in [0.3, 0.4) is 0 Å². The van der Waals surface area contributed by atoms with E-state index in [-0.39, 0.29) is 18.6 Å². The molecule has 0 saturated carbocycles. The maximum absolute atomic E-state index is 12.0. The molecule has 1 aromatic carbocycles. The molecule has 5 nitrogen and oxygen atoms in total. The first kappa shape index (κ1) is 16.7. The normalized spacial score (nSPS) is 17.1. The van der Waals surface area contributed by atoms with Crippen molar-refractivity contribution in [3.05, 3.63) is 29.3 Å². The van der Waals surface area contributed by atoms with Crippen molar-refractivity contribution in [1.29, 1.82) is 0 Å². The van der Waals surface area contributed by atoms with Crippen molar-refractivity contribution in [2.75, 3.05) is 25.0 Å². The highest BCUT2D eigenvalue weighted by atomic mass is 32.1. The smallest absolute Gasteiger partial charge is 0.243 e. The van der Waals surface area contributed by atoms with E-state index in [0.717, 1.165) is 36.3 Å². The van der Waals surface area contributed by atoms with Crippen LogP contribution in [0.5, 0.6) is 0 Å². The van der Waals surface area contributed by atoms with Gasteiger partial charge in [0.2, 0.25) is 5.91 Å². The fourth-order valence-corrected chi connectivity index (χ4v) is 2.59. The Bertz CT molecular complexity index is 522. The van der Waals surface area contributed by atoms with Gasteiger partial charge >= 0.3 is 0 Å². The highest BCUT2D eigenvalue weighted by Gasteiger charge is 2.15. The molecule has 1 saturated heterocycles. The molecule has 1 aliphatic heterocycles. The second kappa shape index (κ2) is 8.10. The maximum atomic E-state index is 12.0. The summed E-state index contributed by atoms with van der Waals surface area (Å²) in [4.78, 5) is 12.0. The van der Waals surface area contributed by atoms with Gasteiger partial charge in [0.15, 0.2) is 5.11 Å². The van der Waals surface area contributed by atoms with Gasteiger partial charge < -0.3 is 20.7 Å². The van der Waals surface area contributed by atoms with Crippen LogP contribution in [0, 0.1) is 13.8 Å². The van der Waals surface area contributed by atoms with Crippen LogP contribution in [-0.2, 0) is 9.53 Å². The zero-order valence-corrected chi connectivity index (χ0v) is 13.9. The first-order chi connectivity index (χ1) is 10.6. The van der Waals surface area contributed by atoms with E-state index in [9.17, 15) is 4.79 Å². The van der Waals surface area contributed by atoms with E-state index in [2.05, 4.69) is 16.0 Å². The van der Waals surface area contributed by atoms with Gasteiger partial charge in [-0.1, -0.05) is 18.2 Å². The molecule has 1 aromatic rings. The zero-order chi connectivity index (χ0) is 15.9. The topological polar surface area (TPSA) is 62.4 Å². The summed E-state index contributed by atoms with van der Waals surface area (Å²) in [6.45, 7) is 5.61. The van der Waals surface area contributed by atoms with Gasteiger partial charge in [0, 0.05) is 18.8 Å². The number of hydrogen-bond acceptors (Lipinski definition) is 3. The molecule has 0 aromatic heterocycles. The Balaban J connectivity index is 1.71. The number of carbonyl (C=O) groups excluding carboxylic acids is 1. The molecule has 22 heavy (non-hydrogen) atoms. The number of ether oxygens (including phenoxy) is 1. The van der Waals surface area contributed by atoms with E-state index in [1.54, 1.807) is 0 Å². The van der Waals surface area contributed by atoms with E-state index < -0.39 is 0 Å². The van der Waals surface area contributed by atoms with Crippen LogP contribution in [0.25, 0.3) is 0 Å². The monoisotopic (exact) mass is 321 g/mol. The summed E-state index contributed by atoms with van der Waals surface area (Å²) in [6, 6.07) is 5.93. The largest absolute Gasteiger partial charge is 0.376 e. The molecule has 1 fully saturated rings. The molecule has 0 unspecified atom stereocenters. The lowest BCUT2D eigenvalue weighted by Crippen LogP contribution is -2.42. The standard InChI is InChI=1S/C16H23N3O2S/c1-11-5-3-6-12(2)15(11)19-14(20)10-18-16(22)17-9-13-7-4-8-21-13/h3,5-6,13H,4,7-10H2,1-2H3,(H,19,20)(H2,17,18,22)/t13-/m0/s1. The molecular weight excluding hydrogens is 298 g/mol. The number of amides is 1. The number of hydrogen-bond donors (Lipinski definition) is 3. The summed E-state index contributed by atoms with van der Waals surface area (Å²) in [6.07, 6.45) is 2.39. The number of thiocarbonyl (C=S) groups is 1. The van der Waals surface area contributed by atoms with Gasteiger partial charge in [0.05, 0.1) is 12.6 Å². The van der Waals surface area contributed by atoms with E-state index in [0.29, 0.717) is 11.7 Å². The van der Waals surface area contributed by atoms with Gasteiger partial charge in [0.25, 0.3) is 0 Å². The third kappa shape index (κ3) is 4.96. The highest BCUT2D eigenvalue weighted by molar-refractivity contribution is 7.80. The number of rotatable bonds is 5. The highest BCUT2D eigenvalue weighted by Crippen LogP contribution is 2.18. The summed E-state index contributed by atoms with van der Waals surface area (Å²) in [5, 5.41) is 9.40. The van der Waals surface area contributed by atoms with Crippen molar-refractivity contribution >= 4 is 28.9 Å². The lowest BCUT2D eigenvalue weighted by Gasteiger charge is -2.15. The molecular formula is C16H23N3O2S. The number of benzene rings is 1. The molecule has 0 radical (unpaired) electrons. The zero-order valence-electron chi connectivity index (χ0n) is 13.1. The van der Waals surface area contributed by atoms with Crippen LogP contribution in [0.4, 0.5) is 5.69 Å². The van der Waals surface area contributed by atoms with Crippen molar-refractivity contribution in [3.63, 3.8) is 0 Å². The summed E-state index contributed by atoms with van der Waals surface area (Å²) in [5.74, 6) is -0.112. The van der Waals surface area contributed by atoms with Gasteiger partial charge in [-0.25, -0.2) is 0 Å². The van der Waals surface area contributed by atoms with Crippen LogP contribution < -0.4 is 16.0 Å². The first-order valence-electron chi connectivity index (χ1n) is 7.55. The predicted molar refractivity (Wildman–Crippen MR) is 92.1 cm³/mol. The predicted octanol–water partition coefficient (Wildman–Crippen LogP) is 1.89. The maximum Gasteiger partial charge on any atom is 0.243 e. The van der Waals surface area contributed by atoms with E-state index in [1.807, 2.05) is 32.0 Å². The number of anilines is 1. The molecule has 1 amide bonds. The Morgan fingerprint density at radius 3 is 2.68 bits per heavy atom. The number of carbonyl (C=O) groups is 1. The molecule has 1 heterocycles. The van der Waals surface area contributed by atoms with Crippen molar-refractivity contribution in [3.8, 4) is 0 Å². The fraction of sp³-hybridized carbons (Fsp3) is 0.500. The summed E-state index contributed by atoms with van der Waals surface area (Å²) >= 11 is 5.17. The van der Waals surface area contributed by atoms with Crippen LogP contribution in [0.15, 0.2) is 18.2 Å². The minimum atomic E-state index is -0.112. The van der Waals surface area contributed by atoms with Crippen LogP contribution in [0.2, 0.25) is 0 Å². The number of aryl methyl sites for hydroxylation is 2. The molecule has 6 heteroatoms. The van der Waals surface area contributed by atoms with Gasteiger partial charge in [0.1, 0.15) is 0 Å². The Morgan fingerprint density at radius 2 is 2.05 bits per heavy atom. The summed E-state index contributed by atoms with van der Waals surface area (Å²) in [5.41, 5.74) is 2.97. The Kier molecular flexibility index (Phi) is 6.15. The third-order valence-corrected chi connectivity index (χ3v) is 3.96. The molecule has 0 bridgehead atoms. The number of para-hydroxylation sites is 1. The minimum Gasteiger partial charge on any atom is -0.376 e. The second-order valence-corrected chi connectivity index (χ2v) is 5.92. The minimum absolute atomic E-state index is 0.112. The second-order valence-electron chi connectivity index (χ2n) is 5.51. The van der Waals surface area contributed by atoms with Gasteiger partial charge in [-0.2, -0.15) is 0 Å².